The number of pyridine rings is 1. The fraction of sp³-hybridized carbons (Fsp3) is 0.192. The summed E-state index contributed by atoms with van der Waals surface area (Å²) >= 11 is 0. The average molecular weight is 693 g/mol. The molecule has 4 bridgehead atoms. The van der Waals surface area contributed by atoms with Gasteiger partial charge in [0.1, 0.15) is 0 Å². The minimum Gasteiger partial charge on any atom is -0.248 e. The summed E-state index contributed by atoms with van der Waals surface area (Å²) in [5, 5.41) is 9.55. The first-order valence-corrected chi connectivity index (χ1v) is 19.7. The molecule has 4 fully saturated rings. The molecule has 0 atom stereocenters. The van der Waals surface area contributed by atoms with Gasteiger partial charge in [0.2, 0.25) is 0 Å². The lowest BCUT2D eigenvalue weighted by molar-refractivity contribution is -0.0399. The maximum atomic E-state index is 9.55. The number of hydrogen-bond donors (Lipinski definition) is 0. The summed E-state index contributed by atoms with van der Waals surface area (Å²) in [6, 6.07) is 59.6. The fourth-order valence-electron chi connectivity index (χ4n) is 11.5. The highest BCUT2D eigenvalue weighted by Crippen LogP contribution is 2.70. The van der Waals surface area contributed by atoms with Crippen molar-refractivity contribution in [2.45, 2.75) is 37.5 Å². The molecule has 5 aliphatic rings. The highest BCUT2D eigenvalue weighted by molar-refractivity contribution is 5.95. The van der Waals surface area contributed by atoms with Crippen LogP contribution in [-0.2, 0) is 5.41 Å². The van der Waals surface area contributed by atoms with Gasteiger partial charge in [0, 0.05) is 16.5 Å². The van der Waals surface area contributed by atoms with Crippen LogP contribution in [0.5, 0.6) is 0 Å². The van der Waals surface area contributed by atoms with Gasteiger partial charge in [-0.1, -0.05) is 127 Å². The molecular formula is C52H40N2. The average Bonchev–Trinajstić information content (AvgIpc) is 3.53. The zero-order chi connectivity index (χ0) is 35.8. The molecule has 1 aromatic heterocycles. The van der Waals surface area contributed by atoms with E-state index < -0.39 is 0 Å². The Morgan fingerprint density at radius 2 is 1.00 bits per heavy atom. The summed E-state index contributed by atoms with van der Waals surface area (Å²) in [7, 11) is 0. The van der Waals surface area contributed by atoms with Crippen molar-refractivity contribution in [2.75, 3.05) is 0 Å². The molecule has 0 N–H and O–H groups in total. The number of nitrogens with zero attached hydrogens (tertiary/aromatic N) is 2. The molecule has 0 saturated heterocycles. The second-order valence-corrected chi connectivity index (χ2v) is 16.3. The van der Waals surface area contributed by atoms with Crippen molar-refractivity contribution in [3.05, 3.63) is 174 Å². The number of fused-ring (bicyclic) bond motifs is 3. The first-order valence-electron chi connectivity index (χ1n) is 19.7. The Kier molecular flexibility index (Phi) is 7.15. The third-order valence-corrected chi connectivity index (χ3v) is 13.5. The zero-order valence-corrected chi connectivity index (χ0v) is 30.3. The molecule has 0 amide bonds. The molecule has 0 aliphatic heterocycles. The van der Waals surface area contributed by atoms with E-state index in [0.29, 0.717) is 17.4 Å². The Labute approximate surface area is 317 Å². The molecule has 6 aromatic carbocycles. The van der Waals surface area contributed by atoms with Gasteiger partial charge in [0.25, 0.3) is 0 Å². The van der Waals surface area contributed by atoms with Crippen molar-refractivity contribution < 1.29 is 0 Å². The topological polar surface area (TPSA) is 36.7 Å². The van der Waals surface area contributed by atoms with Crippen LogP contribution in [0.15, 0.2) is 158 Å². The first-order chi connectivity index (χ1) is 26.7. The second kappa shape index (κ2) is 12.3. The van der Waals surface area contributed by atoms with Crippen LogP contribution in [-0.4, -0.2) is 4.98 Å². The molecular weight excluding hydrogens is 653 g/mol. The van der Waals surface area contributed by atoms with Gasteiger partial charge in [-0.25, -0.2) is 4.98 Å². The summed E-state index contributed by atoms with van der Waals surface area (Å²) in [5.41, 5.74) is 18.2. The van der Waals surface area contributed by atoms with Gasteiger partial charge in [0.05, 0.1) is 23.0 Å². The Morgan fingerprint density at radius 3 is 1.59 bits per heavy atom. The molecule has 7 aromatic rings. The van der Waals surface area contributed by atoms with Crippen LogP contribution in [0, 0.1) is 35.0 Å². The second-order valence-electron chi connectivity index (χ2n) is 16.3. The Bertz CT molecular complexity index is 2510. The van der Waals surface area contributed by atoms with Crippen LogP contribution in [0.25, 0.3) is 67.0 Å². The quantitative estimate of drug-likeness (QED) is 0.180. The van der Waals surface area contributed by atoms with Gasteiger partial charge in [-0.15, -0.1) is 0 Å². The third-order valence-electron chi connectivity index (χ3n) is 13.5. The van der Waals surface area contributed by atoms with Crippen molar-refractivity contribution in [3.8, 4) is 73.1 Å². The van der Waals surface area contributed by atoms with E-state index in [4.69, 9.17) is 4.98 Å². The van der Waals surface area contributed by atoms with Crippen LogP contribution < -0.4 is 0 Å². The molecule has 1 heterocycles. The zero-order valence-electron chi connectivity index (χ0n) is 30.3. The summed E-state index contributed by atoms with van der Waals surface area (Å²) in [4.78, 5) is 5.10. The summed E-state index contributed by atoms with van der Waals surface area (Å²) < 4.78 is 0. The van der Waals surface area contributed by atoms with Crippen LogP contribution >= 0.6 is 0 Å². The highest BCUT2D eigenvalue weighted by Gasteiger charge is 2.61. The van der Waals surface area contributed by atoms with Gasteiger partial charge in [-0.05, 0) is 142 Å². The number of aromatic nitrogens is 1. The lowest BCUT2D eigenvalue weighted by Gasteiger charge is -2.61. The van der Waals surface area contributed by atoms with Gasteiger partial charge in [0.15, 0.2) is 0 Å². The molecule has 4 saturated carbocycles. The molecule has 258 valence electrons. The Morgan fingerprint density at radius 1 is 0.444 bits per heavy atom. The van der Waals surface area contributed by atoms with E-state index in [9.17, 15) is 5.26 Å². The van der Waals surface area contributed by atoms with Crippen molar-refractivity contribution in [2.24, 2.45) is 23.7 Å². The summed E-state index contributed by atoms with van der Waals surface area (Å²) in [6.07, 6.45) is 6.91. The maximum Gasteiger partial charge on any atom is 0.0991 e. The van der Waals surface area contributed by atoms with Crippen molar-refractivity contribution in [1.29, 1.82) is 5.26 Å². The Balaban J connectivity index is 1.03. The SMILES string of the molecule is N#Cc1ccc(-c2cccc3c2-c2cc(-c4ccc(-c5cc(-c6ccccc6)nc(-c6ccccc6)c5)cc4)ccc2C32C3CC4CC(C3)CC2C4)cc1. The highest BCUT2D eigenvalue weighted by atomic mass is 14.7. The monoisotopic (exact) mass is 692 g/mol. The van der Waals surface area contributed by atoms with E-state index in [2.05, 4.69) is 152 Å². The Hall–Kier alpha value is -6.04. The maximum absolute atomic E-state index is 9.55. The molecule has 12 rings (SSSR count). The van der Waals surface area contributed by atoms with Crippen molar-refractivity contribution >= 4 is 0 Å². The minimum atomic E-state index is 0.0946. The van der Waals surface area contributed by atoms with Crippen molar-refractivity contribution in [1.82, 2.24) is 4.98 Å². The molecule has 5 aliphatic carbocycles. The predicted octanol–water partition coefficient (Wildman–Crippen LogP) is 13.0. The molecule has 2 heteroatoms. The van der Waals surface area contributed by atoms with Crippen LogP contribution in [0.4, 0.5) is 0 Å². The van der Waals surface area contributed by atoms with Crippen LogP contribution in [0.3, 0.4) is 0 Å². The fourth-order valence-corrected chi connectivity index (χ4v) is 11.5. The van der Waals surface area contributed by atoms with Gasteiger partial charge < -0.3 is 0 Å². The summed E-state index contributed by atoms with van der Waals surface area (Å²) in [5.74, 6) is 3.21. The van der Waals surface area contributed by atoms with Crippen LogP contribution in [0.1, 0.15) is 48.8 Å². The van der Waals surface area contributed by atoms with E-state index in [1.54, 1.807) is 11.1 Å². The minimum absolute atomic E-state index is 0.0946. The number of benzene rings is 6. The largest absolute Gasteiger partial charge is 0.248 e. The normalized spacial score (nSPS) is 22.9. The lowest BCUT2D eigenvalue weighted by atomic mass is 9.43. The molecule has 54 heavy (non-hydrogen) atoms. The molecule has 0 unspecified atom stereocenters. The molecule has 2 nitrogen and oxygen atoms in total. The van der Waals surface area contributed by atoms with Crippen LogP contribution in [0.2, 0.25) is 0 Å². The van der Waals surface area contributed by atoms with E-state index >= 15 is 0 Å². The van der Waals surface area contributed by atoms with Gasteiger partial charge in [-0.3, -0.25) is 0 Å². The third kappa shape index (κ3) is 4.81. The smallest absolute Gasteiger partial charge is 0.0991 e. The van der Waals surface area contributed by atoms with E-state index in [-0.39, 0.29) is 5.41 Å². The number of rotatable bonds is 5. The van der Waals surface area contributed by atoms with E-state index in [1.807, 2.05) is 12.1 Å². The van der Waals surface area contributed by atoms with Gasteiger partial charge in [-0.2, -0.15) is 5.26 Å². The van der Waals surface area contributed by atoms with Crippen molar-refractivity contribution in [3.63, 3.8) is 0 Å². The standard InChI is InChI=1S/C52H40N2/c53-32-33-14-16-38(17-15-33)45-12-7-13-48-51(45)46-29-41(22-23-47(46)52(48)43-25-34-24-35(27-43)28-44(52)26-34)36-18-20-37(21-19-36)42-30-49(39-8-3-1-4-9-39)54-50(31-42)40-10-5-2-6-11-40/h1-23,29-31,34-35,43-44H,24-28H2. The number of nitriles is 1. The first kappa shape index (κ1) is 31.5. The van der Waals surface area contributed by atoms with E-state index in [0.717, 1.165) is 39.9 Å². The van der Waals surface area contributed by atoms with Gasteiger partial charge >= 0.3 is 0 Å². The summed E-state index contributed by atoms with van der Waals surface area (Å²) in [6.45, 7) is 0. The molecule has 0 radical (unpaired) electrons. The number of hydrogen-bond acceptors (Lipinski definition) is 2. The van der Waals surface area contributed by atoms with E-state index in [1.165, 1.54) is 71.0 Å². The molecule has 1 spiro atoms. The predicted molar refractivity (Wildman–Crippen MR) is 219 cm³/mol. The lowest BCUT2D eigenvalue weighted by Crippen LogP contribution is -2.55.